The summed E-state index contributed by atoms with van der Waals surface area (Å²) in [6, 6.07) is 19.9. The average molecular weight is 449 g/mol. The van der Waals surface area contributed by atoms with E-state index >= 15 is 0 Å². The lowest BCUT2D eigenvalue weighted by molar-refractivity contribution is -0.121. The fourth-order valence-corrected chi connectivity index (χ4v) is 3.36. The van der Waals surface area contributed by atoms with Crippen molar-refractivity contribution in [2.45, 2.75) is 13.5 Å². The first-order valence-corrected chi connectivity index (χ1v) is 10.1. The topological polar surface area (TPSA) is 76.3 Å². The number of nitrogens with zero attached hydrogens (tertiary/aromatic N) is 3. The van der Waals surface area contributed by atoms with Crippen LogP contribution < -0.4 is 11.0 Å². The number of carbonyl (C=O) groups is 1. The van der Waals surface area contributed by atoms with Gasteiger partial charge in [0.2, 0.25) is 0 Å². The van der Waals surface area contributed by atoms with E-state index < -0.39 is 5.91 Å². The lowest BCUT2D eigenvalue weighted by Crippen LogP contribution is -2.32. The van der Waals surface area contributed by atoms with Crippen molar-refractivity contribution in [2.24, 2.45) is 5.10 Å². The summed E-state index contributed by atoms with van der Waals surface area (Å²) in [4.78, 5) is 25.4. The lowest BCUT2D eigenvalue weighted by Gasteiger charge is -2.11. The molecule has 0 aliphatic carbocycles. The van der Waals surface area contributed by atoms with Gasteiger partial charge in [-0.1, -0.05) is 54.1 Å². The Bertz CT molecular complexity index is 1380. The standard InChI is InChI=1S/C24H18ClFN4O2/c1-15(16-8-12-19(26)13-9-16)27-28-22(31)14-30-24(32)21-5-3-2-4-20(21)23(29-30)17-6-10-18(25)11-7-17/h2-13H,14H2,1H3,(H,28,31)/b27-15+. The molecule has 0 aliphatic heterocycles. The maximum atomic E-state index is 13.1. The van der Waals surface area contributed by atoms with Crippen LogP contribution in [0.5, 0.6) is 0 Å². The number of fused-ring (bicyclic) bond motifs is 1. The highest BCUT2D eigenvalue weighted by Crippen LogP contribution is 2.25. The van der Waals surface area contributed by atoms with Gasteiger partial charge < -0.3 is 0 Å². The van der Waals surface area contributed by atoms with Gasteiger partial charge in [-0.15, -0.1) is 0 Å². The van der Waals surface area contributed by atoms with E-state index in [9.17, 15) is 14.0 Å². The van der Waals surface area contributed by atoms with Gasteiger partial charge in [-0.25, -0.2) is 14.5 Å². The van der Waals surface area contributed by atoms with E-state index in [4.69, 9.17) is 11.6 Å². The third-order valence-corrected chi connectivity index (χ3v) is 5.14. The Hall–Kier alpha value is -3.84. The largest absolute Gasteiger partial charge is 0.275 e. The number of carbonyl (C=O) groups excluding carboxylic acids is 1. The van der Waals surface area contributed by atoms with E-state index in [2.05, 4.69) is 15.6 Å². The summed E-state index contributed by atoms with van der Waals surface area (Å²) < 4.78 is 14.2. The van der Waals surface area contributed by atoms with E-state index in [1.807, 2.05) is 24.3 Å². The first-order chi connectivity index (χ1) is 15.4. The summed E-state index contributed by atoms with van der Waals surface area (Å²) in [5.41, 5.74) is 4.54. The van der Waals surface area contributed by atoms with Crippen molar-refractivity contribution in [1.82, 2.24) is 15.2 Å². The number of aromatic nitrogens is 2. The molecule has 0 fully saturated rings. The fourth-order valence-electron chi connectivity index (χ4n) is 3.24. The molecule has 1 N–H and O–H groups in total. The summed E-state index contributed by atoms with van der Waals surface area (Å²) in [5, 5.41) is 10.2. The zero-order chi connectivity index (χ0) is 22.7. The Morgan fingerprint density at radius 3 is 2.38 bits per heavy atom. The molecule has 1 aromatic heterocycles. The molecule has 4 aromatic rings. The maximum absolute atomic E-state index is 13.1. The van der Waals surface area contributed by atoms with E-state index in [0.29, 0.717) is 32.8 Å². The highest BCUT2D eigenvalue weighted by atomic mass is 35.5. The number of hydrazone groups is 1. The monoisotopic (exact) mass is 448 g/mol. The van der Waals surface area contributed by atoms with Crippen LogP contribution in [-0.4, -0.2) is 21.4 Å². The smallest absolute Gasteiger partial charge is 0.271 e. The molecule has 0 aliphatic rings. The van der Waals surface area contributed by atoms with Gasteiger partial charge in [0.1, 0.15) is 12.4 Å². The summed E-state index contributed by atoms with van der Waals surface area (Å²) in [5.74, 6) is -0.873. The van der Waals surface area contributed by atoms with E-state index in [1.54, 1.807) is 43.3 Å². The lowest BCUT2D eigenvalue weighted by atomic mass is 10.1. The summed E-state index contributed by atoms with van der Waals surface area (Å²) in [6.07, 6.45) is 0. The van der Waals surface area contributed by atoms with Crippen LogP contribution in [-0.2, 0) is 11.3 Å². The second-order valence-electron chi connectivity index (χ2n) is 7.10. The molecule has 8 heteroatoms. The van der Waals surface area contributed by atoms with Gasteiger partial charge in [-0.3, -0.25) is 9.59 Å². The zero-order valence-corrected chi connectivity index (χ0v) is 17.8. The van der Waals surface area contributed by atoms with Crippen LogP contribution in [0.15, 0.2) is 82.7 Å². The molecule has 1 heterocycles. The third kappa shape index (κ3) is 4.58. The molecule has 6 nitrogen and oxygen atoms in total. The minimum absolute atomic E-state index is 0.315. The molecule has 0 radical (unpaired) electrons. The molecule has 4 rings (SSSR count). The molecule has 0 saturated heterocycles. The van der Waals surface area contributed by atoms with Gasteiger partial charge in [-0.05, 0) is 42.8 Å². The van der Waals surface area contributed by atoms with Crippen LogP contribution in [0.25, 0.3) is 22.0 Å². The van der Waals surface area contributed by atoms with Crippen molar-refractivity contribution < 1.29 is 9.18 Å². The van der Waals surface area contributed by atoms with Crippen molar-refractivity contribution in [2.75, 3.05) is 0 Å². The first-order valence-electron chi connectivity index (χ1n) is 9.77. The van der Waals surface area contributed by atoms with Crippen molar-refractivity contribution in [3.8, 4) is 11.3 Å². The van der Waals surface area contributed by atoms with E-state index in [1.165, 1.54) is 12.1 Å². The van der Waals surface area contributed by atoms with Gasteiger partial charge in [0.25, 0.3) is 11.5 Å². The fraction of sp³-hybridized carbons (Fsp3) is 0.0833. The van der Waals surface area contributed by atoms with Crippen molar-refractivity contribution in [1.29, 1.82) is 0 Å². The Kier molecular flexibility index (Phi) is 6.09. The molecule has 0 bridgehead atoms. The van der Waals surface area contributed by atoms with Crippen LogP contribution in [0.2, 0.25) is 5.02 Å². The molecule has 0 atom stereocenters. The molecular weight excluding hydrogens is 431 g/mol. The summed E-state index contributed by atoms with van der Waals surface area (Å²) in [7, 11) is 0. The summed E-state index contributed by atoms with van der Waals surface area (Å²) in [6.45, 7) is 1.37. The van der Waals surface area contributed by atoms with Crippen molar-refractivity contribution in [3.05, 3.63) is 99.6 Å². The normalized spacial score (nSPS) is 11.5. The molecule has 3 aromatic carbocycles. The van der Waals surface area contributed by atoms with Crippen molar-refractivity contribution >= 4 is 34.0 Å². The Labute approximate surface area is 188 Å². The first kappa shape index (κ1) is 21.4. The van der Waals surface area contributed by atoms with Crippen LogP contribution in [0.3, 0.4) is 0 Å². The predicted molar refractivity (Wildman–Crippen MR) is 123 cm³/mol. The van der Waals surface area contributed by atoms with Crippen LogP contribution in [0.4, 0.5) is 4.39 Å². The van der Waals surface area contributed by atoms with Gasteiger partial charge >= 0.3 is 0 Å². The molecule has 1 amide bonds. The number of hydrogen-bond donors (Lipinski definition) is 1. The molecule has 0 unspecified atom stereocenters. The Morgan fingerprint density at radius 1 is 1.03 bits per heavy atom. The zero-order valence-electron chi connectivity index (χ0n) is 17.0. The number of amides is 1. The molecule has 160 valence electrons. The van der Waals surface area contributed by atoms with E-state index in [0.717, 1.165) is 10.2 Å². The quantitative estimate of drug-likeness (QED) is 0.363. The van der Waals surface area contributed by atoms with Gasteiger partial charge in [0, 0.05) is 16.0 Å². The molecule has 0 spiro atoms. The molecule has 0 saturated carbocycles. The number of hydrogen-bond acceptors (Lipinski definition) is 4. The second kappa shape index (κ2) is 9.11. The van der Waals surface area contributed by atoms with E-state index in [-0.39, 0.29) is 17.9 Å². The third-order valence-electron chi connectivity index (χ3n) is 4.89. The minimum Gasteiger partial charge on any atom is -0.271 e. The summed E-state index contributed by atoms with van der Waals surface area (Å²) >= 11 is 6.00. The Balaban J connectivity index is 1.64. The highest BCUT2D eigenvalue weighted by molar-refractivity contribution is 6.30. The number of benzene rings is 3. The molecular formula is C24H18ClFN4O2. The SMILES string of the molecule is C/C(=N\NC(=O)Cn1nc(-c2ccc(Cl)cc2)c2ccccc2c1=O)c1ccc(F)cc1. The highest BCUT2D eigenvalue weighted by Gasteiger charge is 2.14. The van der Waals surface area contributed by atoms with Crippen LogP contribution in [0.1, 0.15) is 12.5 Å². The van der Waals surface area contributed by atoms with Gasteiger partial charge in [-0.2, -0.15) is 10.2 Å². The van der Waals surface area contributed by atoms with Gasteiger partial charge in [0.05, 0.1) is 16.8 Å². The number of halogens is 2. The number of nitrogens with one attached hydrogen (secondary N) is 1. The molecule has 32 heavy (non-hydrogen) atoms. The minimum atomic E-state index is -0.515. The second-order valence-corrected chi connectivity index (χ2v) is 7.54. The predicted octanol–water partition coefficient (Wildman–Crippen LogP) is 4.40. The van der Waals surface area contributed by atoms with Crippen LogP contribution in [0, 0.1) is 5.82 Å². The van der Waals surface area contributed by atoms with Crippen molar-refractivity contribution in [3.63, 3.8) is 0 Å². The Morgan fingerprint density at radius 2 is 1.69 bits per heavy atom. The van der Waals surface area contributed by atoms with Crippen LogP contribution >= 0.6 is 11.6 Å². The van der Waals surface area contributed by atoms with Gasteiger partial charge in [0.15, 0.2) is 0 Å². The maximum Gasteiger partial charge on any atom is 0.275 e. The number of rotatable bonds is 5. The average Bonchev–Trinajstić information content (AvgIpc) is 2.80.